The number of aliphatic carboxylic acids is 1. The van der Waals surface area contributed by atoms with Gasteiger partial charge in [0.1, 0.15) is 5.82 Å². The predicted octanol–water partition coefficient (Wildman–Crippen LogP) is 2.42. The van der Waals surface area contributed by atoms with Crippen LogP contribution in [0.5, 0.6) is 0 Å². The SMILES string of the molecule is CC(C)c1nc2ccc(C3CC(C(=O)O)CN3)cc2[nH]1. The van der Waals surface area contributed by atoms with E-state index in [4.69, 9.17) is 5.11 Å². The van der Waals surface area contributed by atoms with Crippen molar-refractivity contribution in [2.75, 3.05) is 6.54 Å². The maximum Gasteiger partial charge on any atom is 0.307 e. The lowest BCUT2D eigenvalue weighted by Gasteiger charge is -2.10. The highest BCUT2D eigenvalue weighted by atomic mass is 16.4. The van der Waals surface area contributed by atoms with Crippen molar-refractivity contribution >= 4 is 17.0 Å². The van der Waals surface area contributed by atoms with Gasteiger partial charge in [-0.05, 0) is 24.1 Å². The molecule has 0 aliphatic carbocycles. The van der Waals surface area contributed by atoms with Gasteiger partial charge in [0.05, 0.1) is 17.0 Å². The fourth-order valence-corrected chi connectivity index (χ4v) is 2.71. The number of nitrogens with one attached hydrogen (secondary N) is 2. The summed E-state index contributed by atoms with van der Waals surface area (Å²) in [6.45, 7) is 4.75. The molecule has 0 radical (unpaired) electrons. The molecule has 1 aliphatic heterocycles. The Hall–Kier alpha value is -1.88. The second kappa shape index (κ2) is 4.90. The third-order valence-electron chi connectivity index (χ3n) is 3.95. The van der Waals surface area contributed by atoms with Crippen LogP contribution in [0.25, 0.3) is 11.0 Å². The van der Waals surface area contributed by atoms with Gasteiger partial charge in [-0.2, -0.15) is 0 Å². The summed E-state index contributed by atoms with van der Waals surface area (Å²) in [4.78, 5) is 18.9. The zero-order chi connectivity index (χ0) is 14.3. The zero-order valence-corrected chi connectivity index (χ0v) is 11.7. The molecule has 2 aromatic rings. The van der Waals surface area contributed by atoms with E-state index >= 15 is 0 Å². The zero-order valence-electron chi connectivity index (χ0n) is 11.7. The van der Waals surface area contributed by atoms with Gasteiger partial charge in [0, 0.05) is 18.5 Å². The summed E-state index contributed by atoms with van der Waals surface area (Å²) >= 11 is 0. The summed E-state index contributed by atoms with van der Waals surface area (Å²) in [6, 6.07) is 6.24. The number of rotatable bonds is 3. The molecule has 0 saturated carbocycles. The summed E-state index contributed by atoms with van der Waals surface area (Å²) in [6.07, 6.45) is 0.645. The van der Waals surface area contributed by atoms with Crippen LogP contribution in [0.4, 0.5) is 0 Å². The van der Waals surface area contributed by atoms with Crippen molar-refractivity contribution in [3.8, 4) is 0 Å². The Morgan fingerprint density at radius 3 is 2.90 bits per heavy atom. The van der Waals surface area contributed by atoms with Crippen molar-refractivity contribution < 1.29 is 9.90 Å². The minimum absolute atomic E-state index is 0.117. The number of imidazole rings is 1. The topological polar surface area (TPSA) is 78.0 Å². The molecule has 1 fully saturated rings. The summed E-state index contributed by atoms with van der Waals surface area (Å²) in [5.74, 6) is 0.347. The van der Waals surface area contributed by atoms with Crippen molar-refractivity contribution in [3.63, 3.8) is 0 Å². The van der Waals surface area contributed by atoms with Crippen LogP contribution in [0.2, 0.25) is 0 Å². The van der Waals surface area contributed by atoms with Gasteiger partial charge in [0.25, 0.3) is 0 Å². The molecule has 5 heteroatoms. The largest absolute Gasteiger partial charge is 0.481 e. The van der Waals surface area contributed by atoms with Gasteiger partial charge in [-0.1, -0.05) is 19.9 Å². The molecule has 106 valence electrons. The monoisotopic (exact) mass is 273 g/mol. The van der Waals surface area contributed by atoms with Crippen molar-refractivity contribution in [3.05, 3.63) is 29.6 Å². The number of benzene rings is 1. The van der Waals surface area contributed by atoms with Gasteiger partial charge in [0.2, 0.25) is 0 Å². The first-order valence-electron chi connectivity index (χ1n) is 7.00. The molecule has 1 aliphatic rings. The minimum atomic E-state index is -0.718. The molecule has 3 N–H and O–H groups in total. The standard InChI is InChI=1S/C15H19N3O2/c1-8(2)14-17-11-4-3-9(5-13(11)18-14)12-6-10(7-16-12)15(19)20/h3-5,8,10,12,16H,6-7H2,1-2H3,(H,17,18)(H,19,20). The van der Waals surface area contributed by atoms with Crippen LogP contribution in [-0.2, 0) is 4.79 Å². The molecule has 0 spiro atoms. The number of carbonyl (C=O) groups is 1. The summed E-state index contributed by atoms with van der Waals surface area (Å²) in [5.41, 5.74) is 3.11. The van der Waals surface area contributed by atoms with Gasteiger partial charge in [-0.25, -0.2) is 4.98 Å². The van der Waals surface area contributed by atoms with Gasteiger partial charge >= 0.3 is 5.97 Å². The van der Waals surface area contributed by atoms with Crippen molar-refractivity contribution in [2.24, 2.45) is 5.92 Å². The van der Waals surface area contributed by atoms with Crippen molar-refractivity contribution in [2.45, 2.75) is 32.2 Å². The number of nitrogens with zero attached hydrogens (tertiary/aromatic N) is 1. The van der Waals surface area contributed by atoms with Crippen LogP contribution in [0.3, 0.4) is 0 Å². The van der Waals surface area contributed by atoms with Crippen LogP contribution in [0.15, 0.2) is 18.2 Å². The van der Waals surface area contributed by atoms with Crippen molar-refractivity contribution in [1.29, 1.82) is 0 Å². The molecule has 2 heterocycles. The molecule has 0 bridgehead atoms. The predicted molar refractivity (Wildman–Crippen MR) is 76.7 cm³/mol. The Bertz CT molecular complexity index is 648. The lowest BCUT2D eigenvalue weighted by Crippen LogP contribution is -2.17. The minimum Gasteiger partial charge on any atom is -0.481 e. The maximum atomic E-state index is 11.0. The molecular formula is C15H19N3O2. The first-order valence-corrected chi connectivity index (χ1v) is 7.00. The number of carboxylic acid groups (broad SMARTS) is 1. The molecule has 20 heavy (non-hydrogen) atoms. The molecule has 5 nitrogen and oxygen atoms in total. The van der Waals surface area contributed by atoms with E-state index < -0.39 is 5.97 Å². The maximum absolute atomic E-state index is 11.0. The van der Waals surface area contributed by atoms with Gasteiger partial charge in [0.15, 0.2) is 0 Å². The third kappa shape index (κ3) is 2.29. The average Bonchev–Trinajstić information content (AvgIpc) is 3.04. The second-order valence-electron chi connectivity index (χ2n) is 5.79. The molecule has 2 unspecified atom stereocenters. The van der Waals surface area contributed by atoms with Crippen LogP contribution in [0, 0.1) is 5.92 Å². The fourth-order valence-electron chi connectivity index (χ4n) is 2.71. The van der Waals surface area contributed by atoms with E-state index in [1.807, 2.05) is 12.1 Å². The molecule has 3 rings (SSSR count). The van der Waals surface area contributed by atoms with E-state index in [2.05, 4.69) is 35.2 Å². The summed E-state index contributed by atoms with van der Waals surface area (Å²) in [5, 5.41) is 12.3. The van der Waals surface area contributed by atoms with Crippen LogP contribution >= 0.6 is 0 Å². The lowest BCUT2D eigenvalue weighted by atomic mass is 10.00. The van der Waals surface area contributed by atoms with Gasteiger partial charge < -0.3 is 15.4 Å². The van der Waals surface area contributed by atoms with Gasteiger partial charge in [-0.3, -0.25) is 4.79 Å². The number of aromatic amines is 1. The third-order valence-corrected chi connectivity index (χ3v) is 3.95. The Labute approximate surface area is 117 Å². The molecular weight excluding hydrogens is 254 g/mol. The molecule has 1 aromatic heterocycles. The summed E-state index contributed by atoms with van der Waals surface area (Å²) < 4.78 is 0. The molecule has 1 aromatic carbocycles. The number of carboxylic acids is 1. The second-order valence-corrected chi connectivity index (χ2v) is 5.79. The van der Waals surface area contributed by atoms with Crippen LogP contribution in [0.1, 0.15) is 43.6 Å². The van der Waals surface area contributed by atoms with E-state index in [9.17, 15) is 4.79 Å². The average molecular weight is 273 g/mol. The highest BCUT2D eigenvalue weighted by Crippen LogP contribution is 2.29. The molecule has 2 atom stereocenters. The number of hydrogen-bond donors (Lipinski definition) is 3. The van der Waals surface area contributed by atoms with E-state index in [0.717, 1.165) is 22.4 Å². The van der Waals surface area contributed by atoms with E-state index in [-0.39, 0.29) is 12.0 Å². The Balaban J connectivity index is 1.88. The smallest absolute Gasteiger partial charge is 0.307 e. The number of fused-ring (bicyclic) bond motifs is 1. The number of aromatic nitrogens is 2. The molecule has 0 amide bonds. The van der Waals surface area contributed by atoms with E-state index in [1.54, 1.807) is 0 Å². The van der Waals surface area contributed by atoms with Crippen LogP contribution < -0.4 is 5.32 Å². The fraction of sp³-hybridized carbons (Fsp3) is 0.467. The first kappa shape index (κ1) is 13.1. The van der Waals surface area contributed by atoms with Gasteiger partial charge in [-0.15, -0.1) is 0 Å². The molecule has 1 saturated heterocycles. The summed E-state index contributed by atoms with van der Waals surface area (Å²) in [7, 11) is 0. The highest BCUT2D eigenvalue weighted by molar-refractivity contribution is 5.76. The first-order chi connectivity index (χ1) is 9.54. The highest BCUT2D eigenvalue weighted by Gasteiger charge is 2.30. The number of hydrogen-bond acceptors (Lipinski definition) is 3. The van der Waals surface area contributed by atoms with Crippen LogP contribution in [-0.4, -0.2) is 27.6 Å². The Kier molecular flexibility index (Phi) is 3.22. The normalized spacial score (nSPS) is 22.8. The lowest BCUT2D eigenvalue weighted by molar-refractivity contribution is -0.141. The number of H-pyrrole nitrogens is 1. The Morgan fingerprint density at radius 1 is 1.45 bits per heavy atom. The van der Waals surface area contributed by atoms with E-state index in [1.165, 1.54) is 0 Å². The quantitative estimate of drug-likeness (QED) is 0.802. The Morgan fingerprint density at radius 2 is 2.25 bits per heavy atom. The van der Waals surface area contributed by atoms with Crippen molar-refractivity contribution in [1.82, 2.24) is 15.3 Å². The van der Waals surface area contributed by atoms with E-state index in [0.29, 0.717) is 18.9 Å².